The van der Waals surface area contributed by atoms with Crippen molar-refractivity contribution in [3.63, 3.8) is 0 Å². The number of aromatic nitrogens is 4. The van der Waals surface area contributed by atoms with Crippen LogP contribution < -0.4 is 10.1 Å². The molecule has 10 heteroatoms. The molecule has 5 aromatic rings. The Bertz CT molecular complexity index is 1560. The molecule has 7 nitrogen and oxygen atoms in total. The highest BCUT2D eigenvalue weighted by Crippen LogP contribution is 2.38. The monoisotopic (exact) mass is 491 g/mol. The fourth-order valence-corrected chi connectivity index (χ4v) is 4.58. The third kappa shape index (κ3) is 3.95. The smallest absolute Gasteiger partial charge is 0.504 e. The van der Waals surface area contributed by atoms with Crippen LogP contribution in [0, 0.1) is 0 Å². The number of rotatable bonds is 4. The Morgan fingerprint density at radius 1 is 0.944 bits per heavy atom. The summed E-state index contributed by atoms with van der Waals surface area (Å²) in [5.74, 6) is 0.209. The van der Waals surface area contributed by atoms with Crippen molar-refractivity contribution < 1.29 is 23.0 Å². The Balaban J connectivity index is 1.32. The van der Waals surface area contributed by atoms with Gasteiger partial charge in [-0.05, 0) is 46.5 Å². The maximum Gasteiger partial charge on any atom is 0.573 e. The second kappa shape index (κ2) is 8.13. The molecule has 0 radical (unpaired) electrons. The molecule has 2 aromatic heterocycles. The van der Waals surface area contributed by atoms with Crippen molar-refractivity contribution in [1.82, 2.24) is 25.1 Å². The van der Waals surface area contributed by atoms with E-state index in [1.165, 1.54) is 29.3 Å². The first kappa shape index (κ1) is 22.2. The Morgan fingerprint density at radius 3 is 2.42 bits per heavy atom. The van der Waals surface area contributed by atoms with Gasteiger partial charge in [-0.15, -0.1) is 13.2 Å². The highest BCUT2D eigenvalue weighted by Gasteiger charge is 2.31. The molecule has 0 saturated heterocycles. The minimum Gasteiger partial charge on any atom is -0.504 e. The number of nitrogens with zero attached hydrogens (tertiary/aromatic N) is 3. The Kier molecular flexibility index (Phi) is 5.01. The number of benzene rings is 3. The molecule has 3 N–H and O–H groups in total. The average Bonchev–Trinajstić information content (AvgIpc) is 3.53. The molecule has 0 unspecified atom stereocenters. The van der Waals surface area contributed by atoms with Crippen LogP contribution in [0.5, 0.6) is 11.5 Å². The van der Waals surface area contributed by atoms with Crippen molar-refractivity contribution in [1.29, 1.82) is 0 Å². The molecule has 182 valence electrons. The average molecular weight is 491 g/mol. The van der Waals surface area contributed by atoms with Crippen molar-refractivity contribution >= 4 is 11.0 Å². The lowest BCUT2D eigenvalue weighted by atomic mass is 10.0. The van der Waals surface area contributed by atoms with Gasteiger partial charge < -0.3 is 20.1 Å². The van der Waals surface area contributed by atoms with Crippen LogP contribution in [0.4, 0.5) is 13.2 Å². The van der Waals surface area contributed by atoms with E-state index < -0.39 is 6.36 Å². The maximum atomic E-state index is 12.6. The van der Waals surface area contributed by atoms with Crippen molar-refractivity contribution in [3.8, 4) is 45.4 Å². The molecule has 0 aliphatic carbocycles. The maximum absolute atomic E-state index is 12.6. The fourth-order valence-electron chi connectivity index (χ4n) is 4.58. The molecule has 0 saturated carbocycles. The highest BCUT2D eigenvalue weighted by molar-refractivity contribution is 5.84. The van der Waals surface area contributed by atoms with Gasteiger partial charge >= 0.3 is 6.36 Å². The fraction of sp³-hybridized carbons (Fsp3) is 0.154. The normalized spacial score (nSPS) is 13.3. The van der Waals surface area contributed by atoms with E-state index in [0.29, 0.717) is 33.9 Å². The minimum absolute atomic E-state index is 0.0147. The summed E-state index contributed by atoms with van der Waals surface area (Å²) in [5.41, 5.74) is 6.89. The second-order valence-corrected chi connectivity index (χ2v) is 8.65. The SMILES string of the molecule is Cn1nc(-c2ccc(-c3cccc(OC(F)(F)F)c3)cc2)c(O)c1-c1nc2cc3c(cc2[nH]1)CNC3. The van der Waals surface area contributed by atoms with Gasteiger partial charge in [0.15, 0.2) is 11.6 Å². The molecule has 0 bridgehead atoms. The number of halogens is 3. The number of hydrogen-bond acceptors (Lipinski definition) is 5. The summed E-state index contributed by atoms with van der Waals surface area (Å²) in [6.07, 6.45) is -4.76. The third-order valence-electron chi connectivity index (χ3n) is 6.24. The number of H-pyrrole nitrogens is 1. The minimum atomic E-state index is -4.76. The van der Waals surface area contributed by atoms with Crippen molar-refractivity contribution in [2.45, 2.75) is 19.5 Å². The van der Waals surface area contributed by atoms with Gasteiger partial charge in [-0.25, -0.2) is 4.98 Å². The molecule has 0 atom stereocenters. The third-order valence-corrected chi connectivity index (χ3v) is 6.24. The summed E-state index contributed by atoms with van der Waals surface area (Å²) in [6.45, 7) is 1.63. The summed E-state index contributed by atoms with van der Waals surface area (Å²) >= 11 is 0. The first-order valence-corrected chi connectivity index (χ1v) is 11.2. The standard InChI is InChI=1S/C26H20F3N5O2/c1-34-23(25-31-20-10-17-12-30-13-18(17)11-21(20)32-25)24(35)22(33-34)15-7-5-14(6-8-15)16-3-2-4-19(9-16)36-26(27,28)29/h2-11,30,35H,12-13H2,1H3,(H,31,32). The highest BCUT2D eigenvalue weighted by atomic mass is 19.4. The number of aromatic hydroxyl groups is 1. The summed E-state index contributed by atoms with van der Waals surface area (Å²) < 4.78 is 43.3. The summed E-state index contributed by atoms with van der Waals surface area (Å²) in [6, 6.07) is 16.9. The molecule has 1 aliphatic heterocycles. The van der Waals surface area contributed by atoms with Gasteiger partial charge in [0, 0.05) is 25.7 Å². The van der Waals surface area contributed by atoms with E-state index in [0.717, 1.165) is 24.1 Å². The van der Waals surface area contributed by atoms with Crippen LogP contribution in [0.15, 0.2) is 60.7 Å². The van der Waals surface area contributed by atoms with Gasteiger partial charge in [0.2, 0.25) is 0 Å². The predicted octanol–water partition coefficient (Wildman–Crippen LogP) is 5.50. The Hall–Kier alpha value is -4.31. The molecular formula is C26H20F3N5O2. The van der Waals surface area contributed by atoms with Crippen LogP contribution in [0.3, 0.4) is 0 Å². The first-order chi connectivity index (χ1) is 17.2. The lowest BCUT2D eigenvalue weighted by molar-refractivity contribution is -0.274. The van der Waals surface area contributed by atoms with Crippen LogP contribution in [0.25, 0.3) is 44.9 Å². The summed E-state index contributed by atoms with van der Waals surface area (Å²) in [4.78, 5) is 7.97. The number of hydrogen-bond donors (Lipinski definition) is 3. The van der Waals surface area contributed by atoms with E-state index in [4.69, 9.17) is 0 Å². The van der Waals surface area contributed by atoms with Crippen LogP contribution in [0.2, 0.25) is 0 Å². The molecule has 1 aliphatic rings. The number of ether oxygens (including phenoxy) is 1. The number of nitrogens with one attached hydrogen (secondary N) is 2. The van der Waals surface area contributed by atoms with E-state index in [9.17, 15) is 18.3 Å². The molecular weight excluding hydrogens is 471 g/mol. The molecule has 36 heavy (non-hydrogen) atoms. The van der Waals surface area contributed by atoms with E-state index >= 15 is 0 Å². The van der Waals surface area contributed by atoms with Gasteiger partial charge in [-0.1, -0.05) is 36.4 Å². The van der Waals surface area contributed by atoms with Crippen LogP contribution in [0.1, 0.15) is 11.1 Å². The number of alkyl halides is 3. The van der Waals surface area contributed by atoms with Gasteiger partial charge in [0.25, 0.3) is 0 Å². The Morgan fingerprint density at radius 2 is 1.67 bits per heavy atom. The number of imidazole rings is 1. The van der Waals surface area contributed by atoms with Crippen molar-refractivity contribution in [2.24, 2.45) is 7.05 Å². The predicted molar refractivity (Wildman–Crippen MR) is 128 cm³/mol. The van der Waals surface area contributed by atoms with Gasteiger partial charge in [0.05, 0.1) is 11.0 Å². The van der Waals surface area contributed by atoms with Gasteiger partial charge in [0.1, 0.15) is 17.1 Å². The topological polar surface area (TPSA) is 88.0 Å². The quantitative estimate of drug-likeness (QED) is 0.309. The molecule has 0 spiro atoms. The molecule has 0 fully saturated rings. The first-order valence-electron chi connectivity index (χ1n) is 11.2. The molecule has 3 heterocycles. The molecule has 6 rings (SSSR count). The van der Waals surface area contributed by atoms with Gasteiger partial charge in [-0.3, -0.25) is 4.68 Å². The van der Waals surface area contributed by atoms with Crippen LogP contribution in [-0.2, 0) is 20.1 Å². The second-order valence-electron chi connectivity index (χ2n) is 8.65. The van der Waals surface area contributed by atoms with E-state index in [2.05, 4.69) is 31.2 Å². The summed E-state index contributed by atoms with van der Waals surface area (Å²) in [7, 11) is 1.73. The van der Waals surface area contributed by atoms with Crippen LogP contribution >= 0.6 is 0 Å². The summed E-state index contributed by atoms with van der Waals surface area (Å²) in [5, 5.41) is 18.9. The van der Waals surface area contributed by atoms with Crippen LogP contribution in [-0.4, -0.2) is 31.2 Å². The molecule has 3 aromatic carbocycles. The number of aryl methyl sites for hydroxylation is 1. The lowest BCUT2D eigenvalue weighted by Crippen LogP contribution is -2.17. The lowest BCUT2D eigenvalue weighted by Gasteiger charge is -2.10. The zero-order chi connectivity index (χ0) is 25.0. The largest absolute Gasteiger partial charge is 0.573 e. The zero-order valence-electron chi connectivity index (χ0n) is 19.0. The van der Waals surface area contributed by atoms with E-state index in [1.807, 2.05) is 6.07 Å². The van der Waals surface area contributed by atoms with E-state index in [-0.39, 0.29) is 11.5 Å². The Labute approximate surface area is 203 Å². The number of fused-ring (bicyclic) bond motifs is 2. The molecule has 0 amide bonds. The van der Waals surface area contributed by atoms with E-state index in [1.54, 1.807) is 42.1 Å². The zero-order valence-corrected chi connectivity index (χ0v) is 19.0. The number of aromatic amines is 1. The van der Waals surface area contributed by atoms with Crippen molar-refractivity contribution in [2.75, 3.05) is 0 Å². The van der Waals surface area contributed by atoms with Crippen molar-refractivity contribution in [3.05, 3.63) is 71.8 Å². The van der Waals surface area contributed by atoms with Gasteiger partial charge in [-0.2, -0.15) is 5.10 Å².